The molecule has 0 bridgehead atoms. The molecule has 0 saturated heterocycles. The van der Waals surface area contributed by atoms with Crippen LogP contribution in [0.2, 0.25) is 0 Å². The van der Waals surface area contributed by atoms with Crippen LogP contribution in [-0.2, 0) is 9.47 Å². The summed E-state index contributed by atoms with van der Waals surface area (Å²) in [4.78, 5) is 29.4. The number of ether oxygens (including phenoxy) is 2. The summed E-state index contributed by atoms with van der Waals surface area (Å²) >= 11 is 1.16. The number of nitrogen functional groups attached to an aromatic ring is 1. The minimum absolute atomic E-state index is 0.0892. The van der Waals surface area contributed by atoms with E-state index in [4.69, 9.17) is 15.2 Å². The second-order valence-corrected chi connectivity index (χ2v) is 6.81. The molecule has 0 aliphatic heterocycles. The number of aromatic nitrogens is 1. The molecule has 0 aliphatic rings. The molecule has 0 radical (unpaired) electrons. The fourth-order valence-corrected chi connectivity index (χ4v) is 2.45. The molecule has 0 saturated carbocycles. The van der Waals surface area contributed by atoms with Gasteiger partial charge < -0.3 is 20.1 Å². The minimum Gasteiger partial charge on any atom is -0.461 e. The summed E-state index contributed by atoms with van der Waals surface area (Å²) in [5, 5.41) is 0.826. The highest BCUT2D eigenvalue weighted by molar-refractivity contribution is 7.16. The lowest BCUT2D eigenvalue weighted by atomic mass is 10.2. The summed E-state index contributed by atoms with van der Waals surface area (Å²) < 4.78 is 10.2. The second-order valence-electron chi connectivity index (χ2n) is 5.75. The molecule has 0 spiro atoms. The minimum atomic E-state index is -0.580. The highest BCUT2D eigenvalue weighted by Crippen LogP contribution is 2.30. The third kappa shape index (κ3) is 4.59. The van der Waals surface area contributed by atoms with Gasteiger partial charge in [-0.25, -0.2) is 14.6 Å². The molecule has 1 atom stereocenters. The number of carbonyl (C=O) groups excluding carboxylic acids is 2. The van der Waals surface area contributed by atoms with Gasteiger partial charge in [0.25, 0.3) is 0 Å². The third-order valence-electron chi connectivity index (χ3n) is 2.76. The van der Waals surface area contributed by atoms with Crippen LogP contribution in [0, 0.1) is 0 Å². The highest BCUT2D eigenvalue weighted by atomic mass is 32.1. The number of carbonyl (C=O) groups is 2. The van der Waals surface area contributed by atoms with Gasteiger partial charge >= 0.3 is 12.1 Å². The Morgan fingerprint density at radius 3 is 2.50 bits per heavy atom. The fourth-order valence-electron chi connectivity index (χ4n) is 1.53. The van der Waals surface area contributed by atoms with Gasteiger partial charge in [0.15, 0.2) is 5.69 Å². The number of nitrogens with zero attached hydrogens (tertiary/aromatic N) is 2. The molecule has 0 unspecified atom stereocenters. The van der Waals surface area contributed by atoms with Gasteiger partial charge in [-0.15, -0.1) is 0 Å². The van der Waals surface area contributed by atoms with Crippen molar-refractivity contribution in [3.8, 4) is 0 Å². The second kappa shape index (κ2) is 6.95. The van der Waals surface area contributed by atoms with E-state index in [9.17, 15) is 9.59 Å². The quantitative estimate of drug-likeness (QED) is 0.854. The first kappa shape index (κ1) is 18.2. The van der Waals surface area contributed by atoms with Gasteiger partial charge in [-0.1, -0.05) is 11.3 Å². The van der Waals surface area contributed by atoms with Crippen LogP contribution in [0.5, 0.6) is 0 Å². The molecule has 0 aromatic carbocycles. The van der Waals surface area contributed by atoms with E-state index in [-0.39, 0.29) is 23.3 Å². The summed E-state index contributed by atoms with van der Waals surface area (Å²) in [5.41, 5.74) is 5.32. The lowest BCUT2D eigenvalue weighted by Crippen LogP contribution is -2.35. The predicted molar refractivity (Wildman–Crippen MR) is 84.9 cm³/mol. The molecular weight excluding hydrogens is 306 g/mol. The average molecular weight is 329 g/mol. The normalized spacial score (nSPS) is 12.6. The van der Waals surface area contributed by atoms with Crippen LogP contribution in [0.3, 0.4) is 0 Å². The molecule has 2 N–H and O–H groups in total. The highest BCUT2D eigenvalue weighted by Gasteiger charge is 2.27. The summed E-state index contributed by atoms with van der Waals surface area (Å²) in [5.74, 6) is -0.561. The number of amides is 1. The van der Waals surface area contributed by atoms with Crippen LogP contribution in [-0.4, -0.2) is 41.2 Å². The molecule has 0 aliphatic carbocycles. The Balaban J connectivity index is 2.89. The number of esters is 1. The van der Waals surface area contributed by atoms with Gasteiger partial charge in [0.1, 0.15) is 15.6 Å². The average Bonchev–Trinajstić information content (AvgIpc) is 2.77. The fraction of sp³-hybridized carbons (Fsp3) is 0.643. The number of thiazole rings is 1. The van der Waals surface area contributed by atoms with Crippen molar-refractivity contribution in [1.82, 2.24) is 9.88 Å². The number of hydrogen-bond donors (Lipinski definition) is 1. The molecule has 1 aromatic rings. The zero-order valence-corrected chi connectivity index (χ0v) is 14.6. The molecule has 1 amide bonds. The van der Waals surface area contributed by atoms with Crippen LogP contribution >= 0.6 is 11.3 Å². The Labute approximate surface area is 134 Å². The monoisotopic (exact) mass is 329 g/mol. The third-order valence-corrected chi connectivity index (χ3v) is 3.81. The number of rotatable bonds is 4. The number of anilines is 1. The maximum absolute atomic E-state index is 12.1. The number of hydrogen-bond acceptors (Lipinski definition) is 7. The van der Waals surface area contributed by atoms with E-state index < -0.39 is 17.7 Å². The van der Waals surface area contributed by atoms with E-state index >= 15 is 0 Å². The Hall–Kier alpha value is -1.83. The number of nitrogens with two attached hydrogens (primary N) is 1. The molecule has 0 fully saturated rings. The molecule has 1 rings (SSSR count). The smallest absolute Gasteiger partial charge is 0.410 e. The van der Waals surface area contributed by atoms with E-state index in [1.807, 2.05) is 0 Å². The topological polar surface area (TPSA) is 94.8 Å². The van der Waals surface area contributed by atoms with Crippen molar-refractivity contribution >= 4 is 28.4 Å². The molecule has 8 heteroatoms. The molecular formula is C14H23N3O4S. The van der Waals surface area contributed by atoms with Crippen molar-refractivity contribution in [2.24, 2.45) is 0 Å². The lowest BCUT2D eigenvalue weighted by Gasteiger charge is -2.27. The zero-order chi connectivity index (χ0) is 17.1. The molecule has 22 heavy (non-hydrogen) atoms. The molecule has 1 aromatic heterocycles. The summed E-state index contributed by atoms with van der Waals surface area (Å²) in [6, 6.07) is -0.370. The van der Waals surface area contributed by atoms with E-state index in [0.717, 1.165) is 11.3 Å². The van der Waals surface area contributed by atoms with Gasteiger partial charge in [0.05, 0.1) is 12.6 Å². The van der Waals surface area contributed by atoms with Crippen LogP contribution in [0.15, 0.2) is 0 Å². The summed E-state index contributed by atoms with van der Waals surface area (Å²) in [6.07, 6.45) is -0.466. The van der Waals surface area contributed by atoms with Gasteiger partial charge in [0, 0.05) is 7.05 Å². The van der Waals surface area contributed by atoms with Crippen LogP contribution < -0.4 is 5.73 Å². The van der Waals surface area contributed by atoms with E-state index in [1.165, 1.54) is 4.90 Å². The zero-order valence-electron chi connectivity index (χ0n) is 13.8. The SMILES string of the molecule is CCOC(=O)c1nc([C@@H](C)N(C)C(=O)OC(C)(C)C)sc1N. The van der Waals surface area contributed by atoms with Crippen molar-refractivity contribution in [2.45, 2.75) is 46.3 Å². The largest absolute Gasteiger partial charge is 0.461 e. The van der Waals surface area contributed by atoms with Crippen molar-refractivity contribution in [1.29, 1.82) is 0 Å². The first-order chi connectivity index (χ1) is 10.1. The maximum Gasteiger partial charge on any atom is 0.410 e. The Morgan fingerprint density at radius 2 is 2.00 bits per heavy atom. The summed E-state index contributed by atoms with van der Waals surface area (Å²) in [6.45, 7) is 9.13. The standard InChI is InChI=1S/C14H23N3O4S/c1-7-20-12(18)9-10(15)22-11(16-9)8(2)17(6)13(19)21-14(3,4)5/h8H,7,15H2,1-6H3/t8-/m1/s1. The Kier molecular flexibility index (Phi) is 5.76. The maximum atomic E-state index is 12.1. The molecule has 1 heterocycles. The van der Waals surface area contributed by atoms with Gasteiger partial charge in [-0.3, -0.25) is 0 Å². The van der Waals surface area contributed by atoms with Gasteiger partial charge in [0.2, 0.25) is 0 Å². The molecule has 124 valence electrons. The summed E-state index contributed by atoms with van der Waals surface area (Å²) in [7, 11) is 1.61. The lowest BCUT2D eigenvalue weighted by molar-refractivity contribution is 0.0233. The van der Waals surface area contributed by atoms with Crippen molar-refractivity contribution < 1.29 is 19.1 Å². The van der Waals surface area contributed by atoms with Crippen molar-refractivity contribution in [2.75, 3.05) is 19.4 Å². The van der Waals surface area contributed by atoms with E-state index in [1.54, 1.807) is 41.7 Å². The van der Waals surface area contributed by atoms with Crippen molar-refractivity contribution in [3.05, 3.63) is 10.7 Å². The Bertz CT molecular complexity index is 551. The van der Waals surface area contributed by atoms with Crippen LogP contribution in [0.4, 0.5) is 9.80 Å². The van der Waals surface area contributed by atoms with Crippen LogP contribution in [0.1, 0.15) is 56.2 Å². The van der Waals surface area contributed by atoms with Crippen molar-refractivity contribution in [3.63, 3.8) is 0 Å². The van der Waals surface area contributed by atoms with Crippen LogP contribution in [0.25, 0.3) is 0 Å². The first-order valence-electron chi connectivity index (χ1n) is 6.96. The van der Waals surface area contributed by atoms with Gasteiger partial charge in [-0.2, -0.15) is 0 Å². The first-order valence-corrected chi connectivity index (χ1v) is 7.77. The van der Waals surface area contributed by atoms with E-state index in [2.05, 4.69) is 4.98 Å². The van der Waals surface area contributed by atoms with E-state index in [0.29, 0.717) is 5.01 Å². The Morgan fingerprint density at radius 1 is 1.41 bits per heavy atom. The van der Waals surface area contributed by atoms with Gasteiger partial charge in [-0.05, 0) is 34.6 Å². The molecule has 7 nitrogen and oxygen atoms in total. The predicted octanol–water partition coefficient (Wildman–Crippen LogP) is 2.83.